The Kier molecular flexibility index (Phi) is 5.66. The summed E-state index contributed by atoms with van der Waals surface area (Å²) in [5, 5.41) is 2.80. The van der Waals surface area contributed by atoms with E-state index >= 15 is 0 Å². The van der Waals surface area contributed by atoms with Gasteiger partial charge in [0.2, 0.25) is 11.8 Å². The number of hydrogen-bond donors (Lipinski definition) is 1. The number of aromatic nitrogens is 3. The lowest BCUT2D eigenvalue weighted by Gasteiger charge is -2.35. The van der Waals surface area contributed by atoms with E-state index in [1.54, 1.807) is 12.4 Å². The minimum absolute atomic E-state index is 0.00582. The molecule has 1 N–H and O–H groups in total. The molecule has 0 spiro atoms. The molecule has 2 aliphatic heterocycles. The highest BCUT2D eigenvalue weighted by molar-refractivity contribution is 5.82. The molecule has 1 unspecified atom stereocenters. The highest BCUT2D eigenvalue weighted by Crippen LogP contribution is 2.26. The van der Waals surface area contributed by atoms with Crippen LogP contribution in [0.15, 0.2) is 36.9 Å². The van der Waals surface area contributed by atoms with Crippen LogP contribution < -0.4 is 5.32 Å². The summed E-state index contributed by atoms with van der Waals surface area (Å²) in [6.07, 6.45) is 9.44. The largest absolute Gasteiger partial charge is 0.354 e. The maximum Gasteiger partial charge on any atom is 0.236 e. The number of nitrogens with zero attached hydrogens (tertiary/aromatic N) is 5. The number of hydrogen-bond acceptors (Lipinski definition) is 5. The zero-order chi connectivity index (χ0) is 19.3. The minimum atomic E-state index is -0.00582. The molecule has 0 aliphatic carbocycles. The van der Waals surface area contributed by atoms with E-state index in [-0.39, 0.29) is 17.7 Å². The summed E-state index contributed by atoms with van der Waals surface area (Å²) in [6.45, 7) is 4.18. The van der Waals surface area contributed by atoms with Crippen molar-refractivity contribution in [1.29, 1.82) is 0 Å². The standard InChI is InChI=1S/C20H26N6O2/c27-18-14-24(10-7-22-18)15-19(28)25-9-1-2-17(13-25)20-23-8-11-26(20)12-16-3-5-21-6-4-16/h3-6,8,11,17H,1-2,7,9-10,12-15H2,(H,22,27). The summed E-state index contributed by atoms with van der Waals surface area (Å²) in [4.78, 5) is 36.9. The maximum absolute atomic E-state index is 12.8. The third-order valence-electron chi connectivity index (χ3n) is 5.47. The number of likely N-dealkylation sites (tertiary alicyclic amines) is 1. The van der Waals surface area contributed by atoms with Gasteiger partial charge in [0, 0.05) is 63.4 Å². The second-order valence-corrected chi connectivity index (χ2v) is 7.51. The van der Waals surface area contributed by atoms with Gasteiger partial charge in [0.05, 0.1) is 13.1 Å². The minimum Gasteiger partial charge on any atom is -0.354 e. The monoisotopic (exact) mass is 382 g/mol. The third-order valence-corrected chi connectivity index (χ3v) is 5.47. The second kappa shape index (κ2) is 8.52. The number of piperazine rings is 1. The molecular weight excluding hydrogens is 356 g/mol. The van der Waals surface area contributed by atoms with Gasteiger partial charge in [-0.05, 0) is 30.5 Å². The molecule has 2 amide bonds. The average Bonchev–Trinajstić information content (AvgIpc) is 3.17. The molecule has 1 atom stereocenters. The summed E-state index contributed by atoms with van der Waals surface area (Å²) in [7, 11) is 0. The Bertz CT molecular complexity index is 821. The van der Waals surface area contributed by atoms with Crippen LogP contribution in [-0.4, -0.2) is 75.4 Å². The molecule has 0 radical (unpaired) electrons. The topological polar surface area (TPSA) is 83.4 Å². The highest BCUT2D eigenvalue weighted by atomic mass is 16.2. The van der Waals surface area contributed by atoms with E-state index in [1.165, 1.54) is 5.56 Å². The molecule has 4 rings (SSSR count). The van der Waals surface area contributed by atoms with Crippen molar-refractivity contribution in [3.8, 4) is 0 Å². The van der Waals surface area contributed by atoms with Crippen molar-refractivity contribution in [2.24, 2.45) is 0 Å². The first-order chi connectivity index (χ1) is 13.7. The van der Waals surface area contributed by atoms with Gasteiger partial charge in [-0.2, -0.15) is 0 Å². The molecule has 2 saturated heterocycles. The van der Waals surface area contributed by atoms with Gasteiger partial charge in [0.25, 0.3) is 0 Å². The van der Waals surface area contributed by atoms with Crippen molar-refractivity contribution in [2.75, 3.05) is 39.3 Å². The van der Waals surface area contributed by atoms with Gasteiger partial charge in [-0.15, -0.1) is 0 Å². The van der Waals surface area contributed by atoms with Crippen molar-refractivity contribution in [3.05, 3.63) is 48.3 Å². The van der Waals surface area contributed by atoms with Crippen molar-refractivity contribution in [2.45, 2.75) is 25.3 Å². The lowest BCUT2D eigenvalue weighted by Crippen LogP contribution is -2.52. The van der Waals surface area contributed by atoms with Crippen LogP contribution in [0, 0.1) is 0 Å². The van der Waals surface area contributed by atoms with E-state index in [0.29, 0.717) is 26.2 Å². The van der Waals surface area contributed by atoms with Crippen molar-refractivity contribution < 1.29 is 9.59 Å². The second-order valence-electron chi connectivity index (χ2n) is 7.51. The molecule has 0 bridgehead atoms. The predicted octanol–water partition coefficient (Wildman–Crippen LogP) is 0.464. The molecule has 2 aromatic heterocycles. The molecule has 148 valence electrons. The quantitative estimate of drug-likeness (QED) is 0.813. The Morgan fingerprint density at radius 1 is 1.21 bits per heavy atom. The zero-order valence-electron chi connectivity index (χ0n) is 16.0. The Hall–Kier alpha value is -2.74. The van der Waals surface area contributed by atoms with Gasteiger partial charge in [-0.1, -0.05) is 0 Å². The number of pyridine rings is 1. The molecule has 4 heterocycles. The van der Waals surface area contributed by atoms with E-state index in [4.69, 9.17) is 0 Å². The van der Waals surface area contributed by atoms with E-state index in [1.807, 2.05) is 34.3 Å². The summed E-state index contributed by atoms with van der Waals surface area (Å²) in [5.74, 6) is 1.37. The number of nitrogens with one attached hydrogen (secondary N) is 1. The molecule has 8 nitrogen and oxygen atoms in total. The van der Waals surface area contributed by atoms with Crippen molar-refractivity contribution in [3.63, 3.8) is 0 Å². The van der Waals surface area contributed by atoms with Gasteiger partial charge in [-0.25, -0.2) is 4.98 Å². The fourth-order valence-electron chi connectivity index (χ4n) is 4.03. The van der Waals surface area contributed by atoms with Crippen LogP contribution in [0.3, 0.4) is 0 Å². The summed E-state index contributed by atoms with van der Waals surface area (Å²) >= 11 is 0. The van der Waals surface area contributed by atoms with Crippen LogP contribution in [0.1, 0.15) is 30.1 Å². The molecule has 8 heteroatoms. The number of imidazole rings is 1. The summed E-state index contributed by atoms with van der Waals surface area (Å²) < 4.78 is 2.17. The van der Waals surface area contributed by atoms with Crippen molar-refractivity contribution >= 4 is 11.8 Å². The first kappa shape index (κ1) is 18.6. The van der Waals surface area contributed by atoms with Crippen LogP contribution in [0.4, 0.5) is 0 Å². The Labute approximate surface area is 164 Å². The van der Waals surface area contributed by atoms with Crippen LogP contribution >= 0.6 is 0 Å². The van der Waals surface area contributed by atoms with Gasteiger partial charge in [0.1, 0.15) is 5.82 Å². The van der Waals surface area contributed by atoms with Gasteiger partial charge in [0.15, 0.2) is 0 Å². The van der Waals surface area contributed by atoms with Crippen LogP contribution in [0.5, 0.6) is 0 Å². The van der Waals surface area contributed by atoms with Crippen LogP contribution in [0.2, 0.25) is 0 Å². The number of carbonyl (C=O) groups is 2. The number of carbonyl (C=O) groups excluding carboxylic acids is 2. The Morgan fingerprint density at radius 2 is 2.07 bits per heavy atom. The van der Waals surface area contributed by atoms with Crippen molar-refractivity contribution in [1.82, 2.24) is 29.7 Å². The number of piperidine rings is 1. The molecule has 2 aromatic rings. The average molecular weight is 382 g/mol. The Balaban J connectivity index is 1.39. The van der Waals surface area contributed by atoms with Gasteiger partial charge < -0.3 is 14.8 Å². The normalized spacial score (nSPS) is 20.8. The molecular formula is C20H26N6O2. The first-order valence-corrected chi connectivity index (χ1v) is 9.86. The lowest BCUT2D eigenvalue weighted by atomic mass is 9.97. The fraction of sp³-hybridized carbons (Fsp3) is 0.500. The summed E-state index contributed by atoms with van der Waals surface area (Å²) in [5.41, 5.74) is 1.18. The lowest BCUT2D eigenvalue weighted by molar-refractivity contribution is -0.135. The fourth-order valence-corrected chi connectivity index (χ4v) is 4.03. The van der Waals surface area contributed by atoms with Gasteiger partial charge in [-0.3, -0.25) is 19.5 Å². The highest BCUT2D eigenvalue weighted by Gasteiger charge is 2.29. The number of amides is 2. The SMILES string of the molecule is O=C1CN(CC(=O)N2CCCC(c3nccn3Cc3ccncc3)C2)CCN1. The predicted molar refractivity (Wildman–Crippen MR) is 104 cm³/mol. The van der Waals surface area contributed by atoms with E-state index in [0.717, 1.165) is 38.3 Å². The molecule has 2 fully saturated rings. The Morgan fingerprint density at radius 3 is 2.89 bits per heavy atom. The smallest absolute Gasteiger partial charge is 0.236 e. The van der Waals surface area contributed by atoms with Crippen LogP contribution in [0.25, 0.3) is 0 Å². The zero-order valence-corrected chi connectivity index (χ0v) is 16.0. The van der Waals surface area contributed by atoms with E-state index in [9.17, 15) is 9.59 Å². The summed E-state index contributed by atoms with van der Waals surface area (Å²) in [6, 6.07) is 4.02. The number of rotatable bonds is 5. The first-order valence-electron chi connectivity index (χ1n) is 9.86. The molecule has 2 aliphatic rings. The third kappa shape index (κ3) is 4.39. The molecule has 0 saturated carbocycles. The molecule has 28 heavy (non-hydrogen) atoms. The van der Waals surface area contributed by atoms with E-state index in [2.05, 4.69) is 19.9 Å². The van der Waals surface area contributed by atoms with E-state index < -0.39 is 0 Å². The maximum atomic E-state index is 12.8. The van der Waals surface area contributed by atoms with Crippen LogP contribution in [-0.2, 0) is 16.1 Å². The van der Waals surface area contributed by atoms with Gasteiger partial charge >= 0.3 is 0 Å². The molecule has 0 aromatic carbocycles.